The van der Waals surface area contributed by atoms with Crippen LogP contribution in [0.3, 0.4) is 0 Å². The van der Waals surface area contributed by atoms with Crippen molar-refractivity contribution >= 4 is 5.71 Å². The van der Waals surface area contributed by atoms with Gasteiger partial charge in [-0.25, -0.2) is 4.98 Å². The van der Waals surface area contributed by atoms with E-state index in [4.69, 9.17) is 10.2 Å². The van der Waals surface area contributed by atoms with Gasteiger partial charge in [0, 0.05) is 16.7 Å². The van der Waals surface area contributed by atoms with E-state index in [0.29, 0.717) is 5.76 Å². The minimum Gasteiger partial charge on any atom is -0.444 e. The molecule has 1 aromatic heterocycles. The Morgan fingerprint density at radius 3 is 2.43 bits per heavy atom. The molecule has 0 saturated heterocycles. The van der Waals surface area contributed by atoms with Crippen LogP contribution in [0.25, 0.3) is 11.3 Å². The van der Waals surface area contributed by atoms with E-state index in [1.165, 1.54) is 6.39 Å². The second-order valence-corrected chi connectivity index (χ2v) is 4.90. The molecular formula is C17H13N3O. The van der Waals surface area contributed by atoms with Gasteiger partial charge in [-0.05, 0) is 0 Å². The van der Waals surface area contributed by atoms with E-state index < -0.39 is 6.17 Å². The van der Waals surface area contributed by atoms with E-state index in [1.54, 1.807) is 0 Å². The number of hydrogen-bond donors (Lipinski definition) is 1. The second-order valence-electron chi connectivity index (χ2n) is 4.90. The third kappa shape index (κ3) is 1.88. The van der Waals surface area contributed by atoms with Gasteiger partial charge in [-0.1, -0.05) is 54.6 Å². The van der Waals surface area contributed by atoms with Crippen molar-refractivity contribution in [2.24, 2.45) is 10.7 Å². The lowest BCUT2D eigenvalue weighted by molar-refractivity contribution is 0.471. The smallest absolute Gasteiger partial charge is 0.181 e. The van der Waals surface area contributed by atoms with Crippen LogP contribution in [0.15, 0.2) is 70.4 Å². The Hall–Kier alpha value is -2.72. The third-order valence-electron chi connectivity index (χ3n) is 3.62. The lowest BCUT2D eigenvalue weighted by Crippen LogP contribution is -2.10. The van der Waals surface area contributed by atoms with Crippen LogP contribution in [0, 0.1) is 0 Å². The Kier molecular flexibility index (Phi) is 2.69. The summed E-state index contributed by atoms with van der Waals surface area (Å²) in [6, 6.07) is 18.1. The van der Waals surface area contributed by atoms with E-state index in [1.807, 2.05) is 54.6 Å². The molecule has 1 aliphatic heterocycles. The largest absolute Gasteiger partial charge is 0.444 e. The van der Waals surface area contributed by atoms with Gasteiger partial charge in [0.05, 0.1) is 5.71 Å². The zero-order valence-corrected chi connectivity index (χ0v) is 11.2. The maximum absolute atomic E-state index is 6.18. The number of hydrogen-bond acceptors (Lipinski definition) is 4. The van der Waals surface area contributed by atoms with Crippen LogP contribution in [0.2, 0.25) is 0 Å². The van der Waals surface area contributed by atoms with Crippen LogP contribution in [-0.4, -0.2) is 10.7 Å². The van der Waals surface area contributed by atoms with Crippen LogP contribution in [0.5, 0.6) is 0 Å². The van der Waals surface area contributed by atoms with Gasteiger partial charge in [0.1, 0.15) is 5.69 Å². The third-order valence-corrected chi connectivity index (χ3v) is 3.62. The number of benzene rings is 2. The molecule has 0 saturated carbocycles. The highest BCUT2D eigenvalue weighted by Crippen LogP contribution is 2.34. The Bertz CT molecular complexity index is 821. The lowest BCUT2D eigenvalue weighted by Gasteiger charge is -2.09. The molecule has 102 valence electrons. The molecule has 0 spiro atoms. The van der Waals surface area contributed by atoms with Crippen LogP contribution in [0.1, 0.15) is 23.1 Å². The summed E-state index contributed by atoms with van der Waals surface area (Å²) in [4.78, 5) is 8.98. The molecule has 3 aromatic rings. The van der Waals surface area contributed by atoms with Gasteiger partial charge < -0.3 is 10.2 Å². The Morgan fingerprint density at radius 2 is 1.62 bits per heavy atom. The van der Waals surface area contributed by atoms with E-state index in [0.717, 1.165) is 28.1 Å². The fraction of sp³-hybridized carbons (Fsp3) is 0.0588. The minimum atomic E-state index is -0.551. The van der Waals surface area contributed by atoms with Crippen molar-refractivity contribution in [3.8, 4) is 11.3 Å². The number of nitrogens with zero attached hydrogens (tertiary/aromatic N) is 2. The van der Waals surface area contributed by atoms with Gasteiger partial charge in [-0.2, -0.15) is 0 Å². The first-order valence-electron chi connectivity index (χ1n) is 6.76. The molecular weight excluding hydrogens is 262 g/mol. The fourth-order valence-corrected chi connectivity index (χ4v) is 2.66. The monoisotopic (exact) mass is 275 g/mol. The average molecular weight is 275 g/mol. The molecule has 1 unspecified atom stereocenters. The van der Waals surface area contributed by atoms with Crippen LogP contribution >= 0.6 is 0 Å². The van der Waals surface area contributed by atoms with Crippen molar-refractivity contribution in [3.63, 3.8) is 0 Å². The highest BCUT2D eigenvalue weighted by Gasteiger charge is 2.25. The van der Waals surface area contributed by atoms with Gasteiger partial charge in [0.15, 0.2) is 18.3 Å². The summed E-state index contributed by atoms with van der Waals surface area (Å²) in [5.74, 6) is 0.605. The molecule has 0 bridgehead atoms. The predicted octanol–water partition coefficient (Wildman–Crippen LogP) is 3.15. The molecule has 2 aromatic carbocycles. The quantitative estimate of drug-likeness (QED) is 0.742. The number of fused-ring (bicyclic) bond motifs is 3. The summed E-state index contributed by atoms with van der Waals surface area (Å²) in [5.41, 5.74) is 10.9. The molecule has 1 aliphatic rings. The van der Waals surface area contributed by atoms with Gasteiger partial charge in [0.25, 0.3) is 0 Å². The minimum absolute atomic E-state index is 0.551. The van der Waals surface area contributed by atoms with E-state index in [2.05, 4.69) is 9.98 Å². The van der Waals surface area contributed by atoms with Crippen molar-refractivity contribution in [1.29, 1.82) is 0 Å². The SMILES string of the molecule is NC1N=C(c2ccccc2)c2ccccc2-c2ncoc21. The van der Waals surface area contributed by atoms with Gasteiger partial charge in [-0.15, -0.1) is 0 Å². The molecule has 2 heterocycles. The molecule has 4 rings (SSSR count). The summed E-state index contributed by atoms with van der Waals surface area (Å²) < 4.78 is 5.45. The van der Waals surface area contributed by atoms with Crippen LogP contribution in [0.4, 0.5) is 0 Å². The molecule has 0 aliphatic carbocycles. The topological polar surface area (TPSA) is 64.4 Å². The van der Waals surface area contributed by atoms with E-state index in [-0.39, 0.29) is 0 Å². The first-order valence-corrected chi connectivity index (χ1v) is 6.76. The van der Waals surface area contributed by atoms with Crippen molar-refractivity contribution in [2.45, 2.75) is 6.17 Å². The predicted molar refractivity (Wildman–Crippen MR) is 80.9 cm³/mol. The molecule has 4 nitrogen and oxygen atoms in total. The Labute approximate surface area is 122 Å². The van der Waals surface area contributed by atoms with Crippen molar-refractivity contribution in [1.82, 2.24) is 4.98 Å². The molecule has 0 fully saturated rings. The van der Waals surface area contributed by atoms with E-state index in [9.17, 15) is 0 Å². The average Bonchev–Trinajstić information content (AvgIpc) is 2.99. The number of aromatic nitrogens is 1. The summed E-state index contributed by atoms with van der Waals surface area (Å²) in [5, 5.41) is 0. The highest BCUT2D eigenvalue weighted by molar-refractivity contribution is 6.16. The lowest BCUT2D eigenvalue weighted by atomic mass is 9.96. The second kappa shape index (κ2) is 4.68. The summed E-state index contributed by atoms with van der Waals surface area (Å²) in [6.45, 7) is 0. The fourth-order valence-electron chi connectivity index (χ4n) is 2.66. The van der Waals surface area contributed by atoms with Crippen molar-refractivity contribution in [3.05, 3.63) is 77.9 Å². The highest BCUT2D eigenvalue weighted by atomic mass is 16.3. The number of oxazole rings is 1. The zero-order valence-electron chi connectivity index (χ0n) is 11.2. The maximum Gasteiger partial charge on any atom is 0.181 e. The van der Waals surface area contributed by atoms with Crippen molar-refractivity contribution < 1.29 is 4.42 Å². The molecule has 4 heteroatoms. The molecule has 1 atom stereocenters. The van der Waals surface area contributed by atoms with Gasteiger partial charge in [-0.3, -0.25) is 4.99 Å². The summed E-state index contributed by atoms with van der Waals surface area (Å²) in [7, 11) is 0. The maximum atomic E-state index is 6.18. The molecule has 0 amide bonds. The summed E-state index contributed by atoms with van der Waals surface area (Å²) in [6.07, 6.45) is 0.870. The van der Waals surface area contributed by atoms with Crippen LogP contribution in [-0.2, 0) is 0 Å². The standard InChI is InChI=1S/C17H13N3O/c18-17-16-15(19-10-21-16)13-9-5-4-8-12(13)14(20-17)11-6-2-1-3-7-11/h1-10,17H,18H2. The number of nitrogens with two attached hydrogens (primary N) is 1. The Balaban J connectivity index is 2.02. The molecule has 2 N–H and O–H groups in total. The Morgan fingerprint density at radius 1 is 0.905 bits per heavy atom. The van der Waals surface area contributed by atoms with Gasteiger partial charge in [0.2, 0.25) is 0 Å². The normalized spacial score (nSPS) is 16.6. The number of aliphatic imine (C=N–C) groups is 1. The van der Waals surface area contributed by atoms with Crippen molar-refractivity contribution in [2.75, 3.05) is 0 Å². The summed E-state index contributed by atoms with van der Waals surface area (Å²) >= 11 is 0. The zero-order chi connectivity index (χ0) is 14.2. The molecule has 21 heavy (non-hydrogen) atoms. The van der Waals surface area contributed by atoms with Crippen LogP contribution < -0.4 is 5.73 Å². The first kappa shape index (κ1) is 12.1. The first-order chi connectivity index (χ1) is 10.3. The number of rotatable bonds is 1. The van der Waals surface area contributed by atoms with Gasteiger partial charge >= 0.3 is 0 Å². The van der Waals surface area contributed by atoms with E-state index >= 15 is 0 Å². The molecule has 0 radical (unpaired) electrons.